The molecule has 1 aliphatic carbocycles. The van der Waals surface area contributed by atoms with Crippen molar-refractivity contribution < 1.29 is 4.39 Å². The van der Waals surface area contributed by atoms with Crippen molar-refractivity contribution in [3.8, 4) is 0 Å². The van der Waals surface area contributed by atoms with Crippen molar-refractivity contribution in [3.63, 3.8) is 0 Å². The van der Waals surface area contributed by atoms with Gasteiger partial charge in [0.15, 0.2) is 0 Å². The Morgan fingerprint density at radius 3 is 2.71 bits per heavy atom. The van der Waals surface area contributed by atoms with Gasteiger partial charge in [-0.1, -0.05) is 6.07 Å². The van der Waals surface area contributed by atoms with Gasteiger partial charge in [-0.05, 0) is 55.4 Å². The quantitative estimate of drug-likeness (QED) is 0.617. The Bertz CT molecular complexity index is 335. The lowest BCUT2D eigenvalue weighted by atomic mass is 9.93. The smallest absolute Gasteiger partial charge is 0.123 e. The summed E-state index contributed by atoms with van der Waals surface area (Å²) in [5.41, 5.74) is 2.33. The first-order chi connectivity index (χ1) is 6.66. The molecule has 0 bridgehead atoms. The number of alkyl halides is 1. The van der Waals surface area contributed by atoms with Gasteiger partial charge in [0.25, 0.3) is 0 Å². The SMILES string of the molecule is Cc1cc(F)ccc1C1CCC(Cl)C1. The van der Waals surface area contributed by atoms with Crippen LogP contribution in [0.25, 0.3) is 0 Å². The molecule has 0 saturated heterocycles. The van der Waals surface area contributed by atoms with Gasteiger partial charge in [-0.15, -0.1) is 11.6 Å². The van der Waals surface area contributed by atoms with Crippen LogP contribution in [0.3, 0.4) is 0 Å². The molecule has 0 radical (unpaired) electrons. The third-order valence-corrected chi connectivity index (χ3v) is 3.44. The fourth-order valence-electron chi connectivity index (χ4n) is 2.31. The van der Waals surface area contributed by atoms with Crippen LogP contribution in [0.2, 0.25) is 0 Å². The molecule has 1 aliphatic rings. The Labute approximate surface area is 89.1 Å². The molecule has 1 aromatic rings. The number of halogens is 2. The lowest BCUT2D eigenvalue weighted by molar-refractivity contribution is 0.622. The maximum atomic E-state index is 12.9. The van der Waals surface area contributed by atoms with E-state index in [9.17, 15) is 4.39 Å². The first-order valence-electron chi connectivity index (χ1n) is 5.07. The number of aryl methyl sites for hydroxylation is 1. The lowest BCUT2D eigenvalue weighted by Crippen LogP contribution is -1.97. The lowest BCUT2D eigenvalue weighted by Gasteiger charge is -2.12. The first-order valence-corrected chi connectivity index (χ1v) is 5.50. The fourth-order valence-corrected chi connectivity index (χ4v) is 2.65. The molecule has 1 fully saturated rings. The highest BCUT2D eigenvalue weighted by Gasteiger charge is 2.25. The Balaban J connectivity index is 2.24. The largest absolute Gasteiger partial charge is 0.207 e. The molecule has 2 unspecified atom stereocenters. The molecule has 1 aromatic carbocycles. The number of benzene rings is 1. The highest BCUT2D eigenvalue weighted by atomic mass is 35.5. The van der Waals surface area contributed by atoms with Crippen LogP contribution in [0, 0.1) is 12.7 Å². The van der Waals surface area contributed by atoms with Crippen LogP contribution in [0.5, 0.6) is 0 Å². The molecule has 0 heterocycles. The third-order valence-electron chi connectivity index (χ3n) is 3.04. The standard InChI is InChI=1S/C12H14ClF/c1-8-6-11(14)4-5-12(8)9-2-3-10(13)7-9/h4-6,9-10H,2-3,7H2,1H3. The monoisotopic (exact) mass is 212 g/mol. The summed E-state index contributed by atoms with van der Waals surface area (Å²) >= 11 is 6.07. The summed E-state index contributed by atoms with van der Waals surface area (Å²) in [5, 5.41) is 0.310. The topological polar surface area (TPSA) is 0 Å². The van der Waals surface area contributed by atoms with E-state index in [1.165, 1.54) is 5.56 Å². The maximum Gasteiger partial charge on any atom is 0.123 e. The second kappa shape index (κ2) is 3.90. The van der Waals surface area contributed by atoms with Crippen LogP contribution in [0.4, 0.5) is 4.39 Å². The van der Waals surface area contributed by atoms with Crippen molar-refractivity contribution in [2.45, 2.75) is 37.5 Å². The van der Waals surface area contributed by atoms with Crippen LogP contribution >= 0.6 is 11.6 Å². The average molecular weight is 213 g/mol. The third kappa shape index (κ3) is 1.93. The van der Waals surface area contributed by atoms with Gasteiger partial charge in [0.1, 0.15) is 5.82 Å². The van der Waals surface area contributed by atoms with Crippen LogP contribution < -0.4 is 0 Å². The molecule has 2 heteroatoms. The molecule has 0 spiro atoms. The highest BCUT2D eigenvalue weighted by Crippen LogP contribution is 2.38. The van der Waals surface area contributed by atoms with E-state index in [1.54, 1.807) is 12.1 Å². The van der Waals surface area contributed by atoms with Crippen molar-refractivity contribution in [1.29, 1.82) is 0 Å². The molecular weight excluding hydrogens is 199 g/mol. The van der Waals surface area contributed by atoms with E-state index in [-0.39, 0.29) is 5.82 Å². The minimum Gasteiger partial charge on any atom is -0.207 e. The molecule has 2 atom stereocenters. The molecule has 1 saturated carbocycles. The molecule has 14 heavy (non-hydrogen) atoms. The van der Waals surface area contributed by atoms with Crippen LogP contribution in [-0.4, -0.2) is 5.38 Å². The minimum atomic E-state index is -0.147. The van der Waals surface area contributed by atoms with Crippen LogP contribution in [-0.2, 0) is 0 Å². The summed E-state index contributed by atoms with van der Waals surface area (Å²) < 4.78 is 12.9. The summed E-state index contributed by atoms with van der Waals surface area (Å²) in [5.74, 6) is 0.393. The molecule has 0 aliphatic heterocycles. The Morgan fingerprint density at radius 2 is 2.14 bits per heavy atom. The molecule has 0 amide bonds. The van der Waals surface area contributed by atoms with Gasteiger partial charge < -0.3 is 0 Å². The van der Waals surface area contributed by atoms with E-state index in [0.29, 0.717) is 11.3 Å². The summed E-state index contributed by atoms with van der Waals surface area (Å²) in [6, 6.07) is 5.06. The maximum absolute atomic E-state index is 12.9. The summed E-state index contributed by atoms with van der Waals surface area (Å²) in [6.07, 6.45) is 3.26. The highest BCUT2D eigenvalue weighted by molar-refractivity contribution is 6.20. The molecular formula is C12H14ClF. The Morgan fingerprint density at radius 1 is 1.36 bits per heavy atom. The molecule has 76 valence electrons. The normalized spacial score (nSPS) is 26.8. The van der Waals surface area contributed by atoms with Gasteiger partial charge in [-0.3, -0.25) is 0 Å². The molecule has 2 rings (SSSR count). The van der Waals surface area contributed by atoms with Crippen LogP contribution in [0.15, 0.2) is 18.2 Å². The minimum absolute atomic E-state index is 0.147. The van der Waals surface area contributed by atoms with E-state index in [0.717, 1.165) is 24.8 Å². The zero-order chi connectivity index (χ0) is 10.1. The van der Waals surface area contributed by atoms with E-state index >= 15 is 0 Å². The number of hydrogen-bond acceptors (Lipinski definition) is 0. The van der Waals surface area contributed by atoms with Crippen LogP contribution in [0.1, 0.15) is 36.3 Å². The molecule has 0 N–H and O–H groups in total. The van der Waals surface area contributed by atoms with Crippen molar-refractivity contribution in [1.82, 2.24) is 0 Å². The van der Waals surface area contributed by atoms with Crippen molar-refractivity contribution in [3.05, 3.63) is 35.1 Å². The van der Waals surface area contributed by atoms with Gasteiger partial charge in [-0.2, -0.15) is 0 Å². The summed E-state index contributed by atoms with van der Waals surface area (Å²) in [7, 11) is 0. The first kappa shape index (κ1) is 9.97. The van der Waals surface area contributed by atoms with Gasteiger partial charge in [-0.25, -0.2) is 4.39 Å². The van der Waals surface area contributed by atoms with E-state index in [2.05, 4.69) is 0 Å². The van der Waals surface area contributed by atoms with Gasteiger partial charge in [0, 0.05) is 5.38 Å². The zero-order valence-corrected chi connectivity index (χ0v) is 9.02. The predicted molar refractivity (Wildman–Crippen MR) is 57.4 cm³/mol. The second-order valence-corrected chi connectivity index (χ2v) is 4.73. The summed E-state index contributed by atoms with van der Waals surface area (Å²) in [6.45, 7) is 1.97. The molecule has 0 aromatic heterocycles. The zero-order valence-electron chi connectivity index (χ0n) is 8.26. The second-order valence-electron chi connectivity index (χ2n) is 4.11. The Hall–Kier alpha value is -0.560. The summed E-state index contributed by atoms with van der Waals surface area (Å²) in [4.78, 5) is 0. The van der Waals surface area contributed by atoms with E-state index in [4.69, 9.17) is 11.6 Å². The fraction of sp³-hybridized carbons (Fsp3) is 0.500. The van der Waals surface area contributed by atoms with Gasteiger partial charge in [0.05, 0.1) is 0 Å². The number of hydrogen-bond donors (Lipinski definition) is 0. The predicted octanol–water partition coefficient (Wildman–Crippen LogP) is 4.01. The average Bonchev–Trinajstić information content (AvgIpc) is 2.51. The van der Waals surface area contributed by atoms with Crippen molar-refractivity contribution in [2.24, 2.45) is 0 Å². The molecule has 0 nitrogen and oxygen atoms in total. The number of rotatable bonds is 1. The van der Waals surface area contributed by atoms with Gasteiger partial charge >= 0.3 is 0 Å². The van der Waals surface area contributed by atoms with E-state index < -0.39 is 0 Å². The van der Waals surface area contributed by atoms with Crippen molar-refractivity contribution >= 4 is 11.6 Å². The van der Waals surface area contributed by atoms with E-state index in [1.807, 2.05) is 13.0 Å². The van der Waals surface area contributed by atoms with Gasteiger partial charge in [0.2, 0.25) is 0 Å². The van der Waals surface area contributed by atoms with Crippen molar-refractivity contribution in [2.75, 3.05) is 0 Å². The Kier molecular flexibility index (Phi) is 2.78.